The molecule has 0 fully saturated rings. The minimum atomic E-state index is -4.10. The van der Waals surface area contributed by atoms with E-state index in [2.05, 4.69) is 0 Å². The Morgan fingerprint density at radius 3 is 1.38 bits per heavy atom. The standard InChI is InChI=1S/C16H35O4P/c1-9-11-15(7,13(3)4)19-21(17,18)20-16(8,12-10-2)14(5)6/h13-14H,9-12H2,1-8H3,(H,17,18). The fraction of sp³-hybridized carbons (Fsp3) is 1.00. The molecule has 5 heteroatoms. The molecule has 0 aliphatic rings. The topological polar surface area (TPSA) is 55.8 Å². The molecule has 0 bridgehead atoms. The van der Waals surface area contributed by atoms with E-state index in [4.69, 9.17) is 9.05 Å². The number of phosphoric acid groups is 1. The van der Waals surface area contributed by atoms with Gasteiger partial charge in [0.1, 0.15) is 0 Å². The van der Waals surface area contributed by atoms with E-state index < -0.39 is 19.0 Å². The summed E-state index contributed by atoms with van der Waals surface area (Å²) in [6, 6.07) is 0. The number of phosphoric ester groups is 1. The average molecular weight is 322 g/mol. The Kier molecular flexibility index (Phi) is 8.14. The summed E-state index contributed by atoms with van der Waals surface area (Å²) in [5, 5.41) is 0. The first-order chi connectivity index (χ1) is 9.42. The van der Waals surface area contributed by atoms with Crippen molar-refractivity contribution in [2.24, 2.45) is 11.8 Å². The van der Waals surface area contributed by atoms with Crippen LogP contribution in [-0.2, 0) is 13.6 Å². The smallest absolute Gasteiger partial charge is 0.302 e. The van der Waals surface area contributed by atoms with Crippen molar-refractivity contribution in [3.05, 3.63) is 0 Å². The van der Waals surface area contributed by atoms with Gasteiger partial charge in [0.2, 0.25) is 0 Å². The Hall–Kier alpha value is 0.110. The van der Waals surface area contributed by atoms with Gasteiger partial charge in [0, 0.05) is 0 Å². The minimum Gasteiger partial charge on any atom is -0.302 e. The van der Waals surface area contributed by atoms with Gasteiger partial charge in [0.25, 0.3) is 0 Å². The number of rotatable bonds is 10. The molecule has 0 spiro atoms. The van der Waals surface area contributed by atoms with Crippen LogP contribution in [0.3, 0.4) is 0 Å². The third-order valence-corrected chi connectivity index (χ3v) is 5.88. The normalized spacial score (nSPS) is 21.1. The van der Waals surface area contributed by atoms with Gasteiger partial charge in [0.05, 0.1) is 11.2 Å². The zero-order valence-corrected chi connectivity index (χ0v) is 16.0. The zero-order chi connectivity index (χ0) is 16.9. The van der Waals surface area contributed by atoms with E-state index >= 15 is 0 Å². The van der Waals surface area contributed by atoms with Gasteiger partial charge >= 0.3 is 7.82 Å². The minimum absolute atomic E-state index is 0.137. The van der Waals surface area contributed by atoms with Crippen molar-refractivity contribution in [3.63, 3.8) is 0 Å². The predicted octanol–water partition coefficient (Wildman–Crippen LogP) is 5.55. The van der Waals surface area contributed by atoms with Crippen molar-refractivity contribution in [2.75, 3.05) is 0 Å². The van der Waals surface area contributed by atoms with E-state index in [0.29, 0.717) is 0 Å². The van der Waals surface area contributed by atoms with Crippen molar-refractivity contribution in [3.8, 4) is 0 Å². The molecular formula is C16H35O4P. The van der Waals surface area contributed by atoms with Gasteiger partial charge < -0.3 is 4.89 Å². The van der Waals surface area contributed by atoms with Crippen LogP contribution in [0.15, 0.2) is 0 Å². The number of hydrogen-bond donors (Lipinski definition) is 1. The molecule has 0 rings (SSSR count). The summed E-state index contributed by atoms with van der Waals surface area (Å²) < 4.78 is 23.7. The molecule has 0 saturated carbocycles. The molecule has 0 aromatic carbocycles. The summed E-state index contributed by atoms with van der Waals surface area (Å²) >= 11 is 0. The van der Waals surface area contributed by atoms with Gasteiger partial charge in [-0.25, -0.2) is 4.57 Å². The lowest BCUT2D eigenvalue weighted by atomic mass is 9.88. The van der Waals surface area contributed by atoms with Crippen LogP contribution in [0.4, 0.5) is 0 Å². The molecular weight excluding hydrogens is 287 g/mol. The maximum absolute atomic E-state index is 12.5. The molecule has 0 radical (unpaired) electrons. The molecule has 21 heavy (non-hydrogen) atoms. The largest absolute Gasteiger partial charge is 0.473 e. The molecule has 0 amide bonds. The van der Waals surface area contributed by atoms with Crippen LogP contribution in [0.2, 0.25) is 0 Å². The van der Waals surface area contributed by atoms with Crippen LogP contribution in [0, 0.1) is 11.8 Å². The first kappa shape index (κ1) is 21.1. The fourth-order valence-electron chi connectivity index (χ4n) is 2.42. The summed E-state index contributed by atoms with van der Waals surface area (Å²) in [5.74, 6) is 0.274. The highest BCUT2D eigenvalue weighted by molar-refractivity contribution is 7.47. The zero-order valence-electron chi connectivity index (χ0n) is 15.1. The molecule has 0 heterocycles. The highest BCUT2D eigenvalue weighted by Crippen LogP contribution is 2.54. The molecule has 2 unspecified atom stereocenters. The van der Waals surface area contributed by atoms with Crippen molar-refractivity contribution >= 4 is 7.82 Å². The molecule has 2 atom stereocenters. The SMILES string of the molecule is CCCC(C)(OP(=O)(O)OC(C)(CCC)C(C)C)C(C)C. The maximum atomic E-state index is 12.5. The highest BCUT2D eigenvalue weighted by Gasteiger charge is 2.43. The monoisotopic (exact) mass is 322 g/mol. The van der Waals surface area contributed by atoms with Crippen molar-refractivity contribution in [2.45, 2.75) is 92.3 Å². The second kappa shape index (κ2) is 8.10. The third kappa shape index (κ3) is 6.40. The van der Waals surface area contributed by atoms with Crippen LogP contribution in [0.1, 0.15) is 81.1 Å². The molecule has 0 aromatic heterocycles. The molecule has 1 N–H and O–H groups in total. The molecule has 0 saturated heterocycles. The lowest BCUT2D eigenvalue weighted by Crippen LogP contribution is -2.38. The Bertz CT molecular complexity index is 326. The van der Waals surface area contributed by atoms with E-state index in [1.807, 2.05) is 55.4 Å². The lowest BCUT2D eigenvalue weighted by molar-refractivity contribution is -0.0521. The molecule has 4 nitrogen and oxygen atoms in total. The molecule has 0 aromatic rings. The van der Waals surface area contributed by atoms with E-state index in [1.165, 1.54) is 0 Å². The van der Waals surface area contributed by atoms with Gasteiger partial charge in [-0.1, -0.05) is 54.4 Å². The summed E-state index contributed by atoms with van der Waals surface area (Å²) in [6.07, 6.45) is 3.24. The van der Waals surface area contributed by atoms with Crippen LogP contribution in [0.25, 0.3) is 0 Å². The highest BCUT2D eigenvalue weighted by atomic mass is 31.2. The molecule has 128 valence electrons. The molecule has 0 aliphatic heterocycles. The Balaban J connectivity index is 5.16. The summed E-state index contributed by atoms with van der Waals surface area (Å²) in [7, 11) is -4.10. The second-order valence-corrected chi connectivity index (χ2v) is 8.39. The predicted molar refractivity (Wildman–Crippen MR) is 88.3 cm³/mol. The van der Waals surface area contributed by atoms with Crippen molar-refractivity contribution in [1.29, 1.82) is 0 Å². The second-order valence-electron chi connectivity index (χ2n) is 7.09. The Morgan fingerprint density at radius 1 is 0.905 bits per heavy atom. The fourth-order valence-corrected chi connectivity index (χ4v) is 4.11. The first-order valence-electron chi connectivity index (χ1n) is 8.16. The van der Waals surface area contributed by atoms with E-state index in [0.717, 1.165) is 25.7 Å². The first-order valence-corrected chi connectivity index (χ1v) is 9.66. The van der Waals surface area contributed by atoms with Gasteiger partial charge in [-0.2, -0.15) is 0 Å². The van der Waals surface area contributed by atoms with Crippen LogP contribution in [-0.4, -0.2) is 16.1 Å². The maximum Gasteiger partial charge on any atom is 0.473 e. The Labute approximate surface area is 131 Å². The van der Waals surface area contributed by atoms with Gasteiger partial charge in [-0.3, -0.25) is 9.05 Å². The molecule has 0 aliphatic carbocycles. The quantitative estimate of drug-likeness (QED) is 0.536. The summed E-state index contributed by atoms with van der Waals surface area (Å²) in [4.78, 5) is 10.2. The number of hydrogen-bond acceptors (Lipinski definition) is 3. The van der Waals surface area contributed by atoms with Gasteiger partial charge in [-0.05, 0) is 38.5 Å². The van der Waals surface area contributed by atoms with E-state index in [1.54, 1.807) is 0 Å². The van der Waals surface area contributed by atoms with Gasteiger partial charge in [0.15, 0.2) is 0 Å². The Morgan fingerprint density at radius 2 is 1.19 bits per heavy atom. The van der Waals surface area contributed by atoms with Crippen LogP contribution >= 0.6 is 7.82 Å². The van der Waals surface area contributed by atoms with Crippen LogP contribution < -0.4 is 0 Å². The van der Waals surface area contributed by atoms with Crippen molar-refractivity contribution in [1.82, 2.24) is 0 Å². The summed E-state index contributed by atoms with van der Waals surface area (Å²) in [6.45, 7) is 15.9. The summed E-state index contributed by atoms with van der Waals surface area (Å²) in [5.41, 5.74) is -1.30. The third-order valence-electron chi connectivity index (χ3n) is 4.58. The average Bonchev–Trinajstić information content (AvgIpc) is 2.27. The van der Waals surface area contributed by atoms with E-state index in [9.17, 15) is 9.46 Å². The lowest BCUT2D eigenvalue weighted by Gasteiger charge is -2.39. The van der Waals surface area contributed by atoms with Crippen LogP contribution in [0.5, 0.6) is 0 Å². The van der Waals surface area contributed by atoms with Gasteiger partial charge in [-0.15, -0.1) is 0 Å². The van der Waals surface area contributed by atoms with Crippen molar-refractivity contribution < 1.29 is 18.5 Å². The van der Waals surface area contributed by atoms with E-state index in [-0.39, 0.29) is 11.8 Å².